The predicted molar refractivity (Wildman–Crippen MR) is 67.5 cm³/mol. The minimum Gasteiger partial charge on any atom is -0.162 e. The third kappa shape index (κ3) is 13.8. The Kier molecular flexibility index (Phi) is 19.4. The molecule has 0 unspecified atom stereocenters. The number of hydrogen-bond donors (Lipinski definition) is 0. The summed E-state index contributed by atoms with van der Waals surface area (Å²) < 4.78 is 0. The average Bonchev–Trinajstić information content (AvgIpc) is 2.03. The van der Waals surface area contributed by atoms with Gasteiger partial charge in [-0.15, -0.1) is 24.0 Å². The highest BCUT2D eigenvalue weighted by Gasteiger charge is 1.89. The van der Waals surface area contributed by atoms with Crippen LogP contribution in [0, 0.1) is 0 Å². The predicted octanol–water partition coefficient (Wildman–Crippen LogP) is 3.91. The highest BCUT2D eigenvalue weighted by molar-refractivity contribution is 8.00. The van der Waals surface area contributed by atoms with Crippen molar-refractivity contribution in [2.75, 3.05) is 28.9 Å². The van der Waals surface area contributed by atoms with Crippen molar-refractivity contribution in [3.05, 3.63) is 0 Å². The van der Waals surface area contributed by atoms with Crippen LogP contribution in [0.25, 0.3) is 0 Å². The number of halogens is 2. The van der Waals surface area contributed by atoms with Crippen molar-refractivity contribution in [3.63, 3.8) is 0 Å². The van der Waals surface area contributed by atoms with Crippen LogP contribution in [0.15, 0.2) is 0 Å². The molecule has 0 spiro atoms. The van der Waals surface area contributed by atoms with Gasteiger partial charge in [-0.3, -0.25) is 0 Å². The van der Waals surface area contributed by atoms with Crippen molar-refractivity contribution in [2.45, 2.75) is 19.8 Å². The molecule has 0 aromatic rings. The van der Waals surface area contributed by atoms with Crippen LogP contribution in [0.2, 0.25) is 0 Å². The summed E-state index contributed by atoms with van der Waals surface area (Å²) in [5.74, 6) is 5.83. The molecule has 0 aromatic carbocycles. The van der Waals surface area contributed by atoms with E-state index >= 15 is 0 Å². The van der Waals surface area contributed by atoms with Crippen LogP contribution in [0.3, 0.4) is 0 Å². The normalized spacial score (nSPS) is 9.50. The maximum atomic E-state index is 5.54. The van der Waals surface area contributed by atoms with Gasteiger partial charge in [-0.25, -0.2) is 0 Å². The number of rotatable bonds is 8. The molecule has 0 saturated heterocycles. The van der Waals surface area contributed by atoms with Crippen molar-refractivity contribution in [3.8, 4) is 0 Å². The first-order valence-electron chi connectivity index (χ1n) is 4.13. The van der Waals surface area contributed by atoms with Gasteiger partial charge >= 0.3 is 0 Å². The minimum absolute atomic E-state index is 0. The topological polar surface area (TPSA) is 0 Å². The maximum absolute atomic E-state index is 5.54. The van der Waals surface area contributed by atoms with Gasteiger partial charge < -0.3 is 0 Å². The second-order valence-corrected chi connectivity index (χ2v) is 5.09. The molecule has 0 bridgehead atoms. The van der Waals surface area contributed by atoms with Gasteiger partial charge in [0, 0.05) is 11.6 Å². The molecule has 4 heteroatoms. The molecule has 12 heavy (non-hydrogen) atoms. The summed E-state index contributed by atoms with van der Waals surface area (Å²) in [6.07, 6.45) is 2.64. The standard InChI is InChI=1S/C8H17ClS2.ClH/c1-2-5-10-6-3-7-11-8-4-9;/h2-8H2,1H3;1H. The molecular formula is C8H18Cl2S2. The van der Waals surface area contributed by atoms with Crippen LogP contribution in [0.1, 0.15) is 19.8 Å². The Hall–Kier alpha value is 1.28. The van der Waals surface area contributed by atoms with Gasteiger partial charge in [-0.1, -0.05) is 6.92 Å². The van der Waals surface area contributed by atoms with Gasteiger partial charge in [-0.2, -0.15) is 23.5 Å². The number of hydrogen-bond acceptors (Lipinski definition) is 2. The van der Waals surface area contributed by atoms with E-state index in [1.807, 2.05) is 11.8 Å². The van der Waals surface area contributed by atoms with Crippen LogP contribution in [-0.2, 0) is 0 Å². The van der Waals surface area contributed by atoms with Gasteiger partial charge in [0.05, 0.1) is 0 Å². The Balaban J connectivity index is 0. The van der Waals surface area contributed by atoms with E-state index in [0.29, 0.717) is 0 Å². The lowest BCUT2D eigenvalue weighted by Gasteiger charge is -1.98. The third-order valence-electron chi connectivity index (χ3n) is 1.15. The highest BCUT2D eigenvalue weighted by Crippen LogP contribution is 2.08. The zero-order chi connectivity index (χ0) is 8.36. The smallest absolute Gasteiger partial charge is 0.0314 e. The molecule has 0 amide bonds. The van der Waals surface area contributed by atoms with Crippen LogP contribution in [0.4, 0.5) is 0 Å². The highest BCUT2D eigenvalue weighted by atomic mass is 35.5. The van der Waals surface area contributed by atoms with Crippen molar-refractivity contribution in [1.82, 2.24) is 0 Å². The molecule has 0 fully saturated rings. The van der Waals surface area contributed by atoms with Crippen molar-refractivity contribution < 1.29 is 0 Å². The summed E-state index contributed by atoms with van der Waals surface area (Å²) >= 11 is 9.57. The van der Waals surface area contributed by atoms with Crippen LogP contribution >= 0.6 is 47.5 Å². The van der Waals surface area contributed by atoms with Crippen LogP contribution < -0.4 is 0 Å². The summed E-state index contributed by atoms with van der Waals surface area (Å²) in [5, 5.41) is 0. The van der Waals surface area contributed by atoms with E-state index in [4.69, 9.17) is 11.6 Å². The van der Waals surface area contributed by atoms with Crippen molar-refractivity contribution >= 4 is 47.5 Å². The van der Waals surface area contributed by atoms with E-state index in [0.717, 1.165) is 11.6 Å². The first-order chi connectivity index (χ1) is 5.41. The Bertz CT molecular complexity index is 64.1. The molecule has 0 radical (unpaired) electrons. The van der Waals surface area contributed by atoms with E-state index in [1.54, 1.807) is 0 Å². The molecule has 0 atom stereocenters. The lowest BCUT2D eigenvalue weighted by molar-refractivity contribution is 1.08. The van der Waals surface area contributed by atoms with Crippen molar-refractivity contribution in [1.29, 1.82) is 0 Å². The van der Waals surface area contributed by atoms with Gasteiger partial charge in [0.15, 0.2) is 0 Å². The fraction of sp³-hybridized carbons (Fsp3) is 1.00. The SMILES string of the molecule is CCCSCCCSCCCl.Cl. The Morgan fingerprint density at radius 1 is 1.00 bits per heavy atom. The zero-order valence-corrected chi connectivity index (χ0v) is 10.8. The first-order valence-corrected chi connectivity index (χ1v) is 6.97. The van der Waals surface area contributed by atoms with E-state index in [1.165, 1.54) is 30.1 Å². The van der Waals surface area contributed by atoms with E-state index in [9.17, 15) is 0 Å². The fourth-order valence-electron chi connectivity index (χ4n) is 0.666. The summed E-state index contributed by atoms with van der Waals surface area (Å²) in [7, 11) is 0. The van der Waals surface area contributed by atoms with E-state index < -0.39 is 0 Å². The van der Waals surface area contributed by atoms with E-state index in [2.05, 4.69) is 18.7 Å². The first kappa shape index (κ1) is 15.7. The number of alkyl halides is 1. The third-order valence-corrected chi connectivity index (χ3v) is 3.90. The quantitative estimate of drug-likeness (QED) is 0.472. The zero-order valence-electron chi connectivity index (χ0n) is 7.55. The second kappa shape index (κ2) is 14.8. The lowest BCUT2D eigenvalue weighted by atomic mass is 10.6. The largest absolute Gasteiger partial charge is 0.162 e. The molecule has 0 saturated carbocycles. The Morgan fingerprint density at radius 2 is 1.58 bits per heavy atom. The second-order valence-electron chi connectivity index (χ2n) is 2.27. The summed E-state index contributed by atoms with van der Waals surface area (Å²) in [6, 6.07) is 0. The van der Waals surface area contributed by atoms with Gasteiger partial charge in [0.2, 0.25) is 0 Å². The molecule has 0 aromatic heterocycles. The molecule has 0 aliphatic heterocycles. The Labute approximate surface area is 96.0 Å². The van der Waals surface area contributed by atoms with Crippen LogP contribution in [0.5, 0.6) is 0 Å². The number of thioether (sulfide) groups is 2. The van der Waals surface area contributed by atoms with Gasteiger partial charge in [0.1, 0.15) is 0 Å². The monoisotopic (exact) mass is 248 g/mol. The van der Waals surface area contributed by atoms with E-state index in [-0.39, 0.29) is 12.4 Å². The summed E-state index contributed by atoms with van der Waals surface area (Å²) in [5.41, 5.74) is 0. The van der Waals surface area contributed by atoms with Crippen molar-refractivity contribution in [2.24, 2.45) is 0 Å². The lowest BCUT2D eigenvalue weighted by Crippen LogP contribution is -1.87. The molecule has 0 N–H and O–H groups in total. The van der Waals surface area contributed by atoms with Gasteiger partial charge in [-0.05, 0) is 30.1 Å². The molecular weight excluding hydrogens is 231 g/mol. The minimum atomic E-state index is 0. The fourth-order valence-corrected chi connectivity index (χ4v) is 2.68. The Morgan fingerprint density at radius 3 is 2.08 bits per heavy atom. The molecule has 0 heterocycles. The summed E-state index contributed by atoms with van der Waals surface area (Å²) in [4.78, 5) is 0. The molecule has 0 nitrogen and oxygen atoms in total. The maximum Gasteiger partial charge on any atom is 0.0314 e. The van der Waals surface area contributed by atoms with Gasteiger partial charge in [0.25, 0.3) is 0 Å². The molecule has 0 aliphatic carbocycles. The average molecular weight is 249 g/mol. The van der Waals surface area contributed by atoms with Crippen LogP contribution in [-0.4, -0.2) is 28.9 Å². The molecule has 0 aliphatic rings. The molecule has 0 rings (SSSR count). The summed E-state index contributed by atoms with van der Waals surface area (Å²) in [6.45, 7) is 2.23. The molecule has 76 valence electrons.